The number of methoxy groups -OCH3 is 3. The zero-order valence-electron chi connectivity index (χ0n) is 18.9. The second-order valence-corrected chi connectivity index (χ2v) is 7.55. The molecule has 0 fully saturated rings. The molecule has 0 atom stereocenters. The number of carbonyl (C=O) groups excluding carboxylic acids is 2. The largest absolute Gasteiger partial charge is 0.493 e. The van der Waals surface area contributed by atoms with Crippen LogP contribution in [-0.2, 0) is 0 Å². The molecule has 0 heterocycles. The minimum Gasteiger partial charge on any atom is -0.493 e. The Morgan fingerprint density at radius 3 is 2.00 bits per heavy atom. The summed E-state index contributed by atoms with van der Waals surface area (Å²) in [4.78, 5) is 27.4. The molecule has 0 spiro atoms. The van der Waals surface area contributed by atoms with Crippen LogP contribution in [0.25, 0.3) is 0 Å². The van der Waals surface area contributed by atoms with E-state index in [0.717, 1.165) is 0 Å². The molecule has 0 aliphatic heterocycles. The highest BCUT2D eigenvalue weighted by Gasteiger charge is 2.20. The van der Waals surface area contributed by atoms with Gasteiger partial charge in [0.1, 0.15) is 5.82 Å². The molecule has 0 unspecified atom stereocenters. The van der Waals surface area contributed by atoms with Crippen LogP contribution in [0.4, 0.5) is 10.1 Å². The van der Waals surface area contributed by atoms with Crippen LogP contribution in [-0.4, -0.2) is 46.2 Å². The van der Waals surface area contributed by atoms with Crippen LogP contribution in [0.1, 0.15) is 20.7 Å². The minimum absolute atomic E-state index is 0.131. The van der Waals surface area contributed by atoms with Gasteiger partial charge in [-0.2, -0.15) is 0 Å². The van der Waals surface area contributed by atoms with Crippen molar-refractivity contribution in [3.8, 4) is 17.2 Å². The lowest BCUT2D eigenvalue weighted by molar-refractivity contribution is 0.0942. The first-order chi connectivity index (χ1) is 16.4. The van der Waals surface area contributed by atoms with Crippen molar-refractivity contribution in [2.24, 2.45) is 0 Å². The molecule has 0 radical (unpaired) electrons. The van der Waals surface area contributed by atoms with Gasteiger partial charge in [-0.05, 0) is 60.7 Å². The Morgan fingerprint density at radius 1 is 0.882 bits per heavy atom. The Bertz CT molecular complexity index is 1130. The molecule has 1 N–H and O–H groups in total. The van der Waals surface area contributed by atoms with E-state index < -0.39 is 11.7 Å². The van der Waals surface area contributed by atoms with Gasteiger partial charge in [-0.25, -0.2) is 4.39 Å². The molecule has 3 rings (SSSR count). The predicted molar refractivity (Wildman–Crippen MR) is 128 cm³/mol. The monoisotopic (exact) mass is 486 g/mol. The number of hydrogen-bond donors (Lipinski definition) is 1. The molecule has 2 amide bonds. The van der Waals surface area contributed by atoms with Crippen LogP contribution in [0.3, 0.4) is 0 Å². The second kappa shape index (κ2) is 11.4. The minimum atomic E-state index is -0.418. The summed E-state index contributed by atoms with van der Waals surface area (Å²) in [6.45, 7) is 0.273. The normalized spacial score (nSPS) is 10.4. The summed E-state index contributed by atoms with van der Waals surface area (Å²) in [6, 6.07) is 15.1. The van der Waals surface area contributed by atoms with E-state index in [1.54, 1.807) is 24.3 Å². The SMILES string of the molecule is COc1cc(C(=O)NCCN(C(=O)c2ccc(Cl)cc2)c2ccc(F)cc2)cc(OC)c1OC. The lowest BCUT2D eigenvalue weighted by Gasteiger charge is -2.23. The summed E-state index contributed by atoms with van der Waals surface area (Å²) in [6.07, 6.45) is 0. The summed E-state index contributed by atoms with van der Waals surface area (Å²) >= 11 is 5.93. The van der Waals surface area contributed by atoms with E-state index in [4.69, 9.17) is 25.8 Å². The van der Waals surface area contributed by atoms with Gasteiger partial charge >= 0.3 is 0 Å². The maximum absolute atomic E-state index is 13.4. The van der Waals surface area contributed by atoms with Gasteiger partial charge in [-0.3, -0.25) is 9.59 Å². The van der Waals surface area contributed by atoms with Crippen molar-refractivity contribution in [3.05, 3.63) is 82.6 Å². The summed E-state index contributed by atoms with van der Waals surface area (Å²) in [7, 11) is 4.39. The second-order valence-electron chi connectivity index (χ2n) is 7.11. The van der Waals surface area contributed by atoms with Crippen molar-refractivity contribution in [2.45, 2.75) is 0 Å². The van der Waals surface area contributed by atoms with Gasteiger partial charge in [-0.15, -0.1) is 0 Å². The lowest BCUT2D eigenvalue weighted by atomic mass is 10.1. The third-order valence-electron chi connectivity index (χ3n) is 5.02. The lowest BCUT2D eigenvalue weighted by Crippen LogP contribution is -2.38. The fraction of sp³-hybridized carbons (Fsp3) is 0.200. The number of anilines is 1. The molecule has 178 valence electrons. The number of carbonyl (C=O) groups is 2. The van der Waals surface area contributed by atoms with Gasteiger partial charge in [0, 0.05) is 34.9 Å². The predicted octanol–water partition coefficient (Wildman–Crippen LogP) is 4.58. The van der Waals surface area contributed by atoms with Crippen LogP contribution >= 0.6 is 11.6 Å². The van der Waals surface area contributed by atoms with Gasteiger partial charge in [0.05, 0.1) is 21.3 Å². The first kappa shape index (κ1) is 24.9. The standard InChI is InChI=1S/C25H24ClFN2O5/c1-32-21-14-17(15-22(33-2)23(21)34-3)24(30)28-12-13-29(20-10-8-19(27)9-11-20)25(31)16-4-6-18(26)7-5-16/h4-11,14-15H,12-13H2,1-3H3,(H,28,30). The third kappa shape index (κ3) is 5.77. The smallest absolute Gasteiger partial charge is 0.258 e. The summed E-state index contributed by atoms with van der Waals surface area (Å²) in [5.74, 6) is -0.0609. The number of hydrogen-bond acceptors (Lipinski definition) is 5. The maximum Gasteiger partial charge on any atom is 0.258 e. The highest BCUT2D eigenvalue weighted by molar-refractivity contribution is 6.30. The Morgan fingerprint density at radius 2 is 1.47 bits per heavy atom. The van der Waals surface area contributed by atoms with E-state index in [-0.39, 0.29) is 19.0 Å². The third-order valence-corrected chi connectivity index (χ3v) is 5.27. The number of nitrogens with one attached hydrogen (secondary N) is 1. The van der Waals surface area contributed by atoms with E-state index in [2.05, 4.69) is 5.32 Å². The number of benzene rings is 3. The first-order valence-corrected chi connectivity index (χ1v) is 10.7. The fourth-order valence-electron chi connectivity index (χ4n) is 3.31. The molecule has 0 bridgehead atoms. The average molecular weight is 487 g/mol. The van der Waals surface area contributed by atoms with Gasteiger partial charge in [0.15, 0.2) is 11.5 Å². The van der Waals surface area contributed by atoms with E-state index in [1.807, 2.05) is 0 Å². The topological polar surface area (TPSA) is 77.1 Å². The first-order valence-electron chi connectivity index (χ1n) is 10.3. The zero-order chi connectivity index (χ0) is 24.7. The van der Waals surface area contributed by atoms with Crippen molar-refractivity contribution < 1.29 is 28.2 Å². The summed E-state index contributed by atoms with van der Waals surface area (Å²) < 4.78 is 29.3. The molecule has 0 aliphatic rings. The molecule has 0 aliphatic carbocycles. The van der Waals surface area contributed by atoms with Gasteiger partial charge < -0.3 is 24.4 Å². The molecule has 3 aromatic rings. The molecular weight excluding hydrogens is 463 g/mol. The van der Waals surface area contributed by atoms with Crippen molar-refractivity contribution in [2.75, 3.05) is 39.3 Å². The molecule has 0 saturated heterocycles. The average Bonchev–Trinajstić information content (AvgIpc) is 2.86. The Balaban J connectivity index is 1.78. The highest BCUT2D eigenvalue weighted by atomic mass is 35.5. The Kier molecular flexibility index (Phi) is 8.32. The number of nitrogens with zero attached hydrogens (tertiary/aromatic N) is 1. The van der Waals surface area contributed by atoms with Crippen LogP contribution in [0.5, 0.6) is 17.2 Å². The number of ether oxygens (including phenoxy) is 3. The molecular formula is C25H24ClFN2O5. The van der Waals surface area contributed by atoms with E-state index in [1.165, 1.54) is 62.6 Å². The van der Waals surface area contributed by atoms with Crippen molar-refractivity contribution in [1.29, 1.82) is 0 Å². The Labute approximate surface area is 202 Å². The van der Waals surface area contributed by atoms with Crippen molar-refractivity contribution in [3.63, 3.8) is 0 Å². The van der Waals surface area contributed by atoms with Gasteiger partial charge in [0.25, 0.3) is 11.8 Å². The van der Waals surface area contributed by atoms with Crippen molar-refractivity contribution in [1.82, 2.24) is 5.32 Å². The molecule has 9 heteroatoms. The van der Waals surface area contributed by atoms with E-state index >= 15 is 0 Å². The van der Waals surface area contributed by atoms with E-state index in [0.29, 0.717) is 39.1 Å². The summed E-state index contributed by atoms with van der Waals surface area (Å²) in [5, 5.41) is 3.29. The fourth-order valence-corrected chi connectivity index (χ4v) is 3.44. The number of halogens is 2. The number of rotatable bonds is 9. The van der Waals surface area contributed by atoms with Crippen LogP contribution in [0.15, 0.2) is 60.7 Å². The van der Waals surface area contributed by atoms with E-state index in [9.17, 15) is 14.0 Å². The summed E-state index contributed by atoms with van der Waals surface area (Å²) in [5.41, 5.74) is 1.19. The molecule has 0 saturated carbocycles. The van der Waals surface area contributed by atoms with Crippen LogP contribution < -0.4 is 24.4 Å². The maximum atomic E-state index is 13.4. The van der Waals surface area contributed by atoms with Crippen LogP contribution in [0, 0.1) is 5.82 Å². The quantitative estimate of drug-likeness (QED) is 0.479. The van der Waals surface area contributed by atoms with Gasteiger partial charge in [-0.1, -0.05) is 11.6 Å². The highest BCUT2D eigenvalue weighted by Crippen LogP contribution is 2.38. The molecule has 34 heavy (non-hydrogen) atoms. The molecule has 0 aromatic heterocycles. The molecule has 7 nitrogen and oxygen atoms in total. The zero-order valence-corrected chi connectivity index (χ0v) is 19.7. The molecule has 3 aromatic carbocycles. The van der Waals surface area contributed by atoms with Crippen LogP contribution in [0.2, 0.25) is 5.02 Å². The van der Waals surface area contributed by atoms with Gasteiger partial charge in [0.2, 0.25) is 5.75 Å². The number of amides is 2. The van der Waals surface area contributed by atoms with Crippen molar-refractivity contribution >= 4 is 29.1 Å². The Hall–Kier alpha value is -3.78.